The van der Waals surface area contributed by atoms with Crippen molar-refractivity contribution in [2.24, 2.45) is 0 Å². The molecule has 0 spiro atoms. The van der Waals surface area contributed by atoms with Gasteiger partial charge in [-0.15, -0.1) is 0 Å². The van der Waals surface area contributed by atoms with E-state index in [0.717, 1.165) is 49.8 Å². The zero-order chi connectivity index (χ0) is 24.5. The molecular weight excluding hydrogens is 450 g/mol. The summed E-state index contributed by atoms with van der Waals surface area (Å²) in [6.07, 6.45) is 6.13. The zero-order valence-electron chi connectivity index (χ0n) is 19.4. The highest BCUT2D eigenvalue weighted by Gasteiger charge is 2.14. The van der Waals surface area contributed by atoms with E-state index < -0.39 is 12.0 Å². The molecule has 35 heavy (non-hydrogen) atoms. The van der Waals surface area contributed by atoms with Crippen LogP contribution in [0.2, 0.25) is 0 Å². The number of nitrogens with zero attached hydrogens (tertiary/aromatic N) is 3. The van der Waals surface area contributed by atoms with Crippen molar-refractivity contribution in [2.75, 3.05) is 23.8 Å². The van der Waals surface area contributed by atoms with E-state index >= 15 is 0 Å². The van der Waals surface area contributed by atoms with Crippen molar-refractivity contribution < 1.29 is 24.5 Å². The number of carbonyl (C=O) groups is 1. The summed E-state index contributed by atoms with van der Waals surface area (Å²) in [7, 11) is 0. The van der Waals surface area contributed by atoms with Gasteiger partial charge in [-0.3, -0.25) is 0 Å². The number of carboxylic acids is 1. The summed E-state index contributed by atoms with van der Waals surface area (Å²) in [6, 6.07) is 12.0. The highest BCUT2D eigenvalue weighted by atomic mass is 16.5. The highest BCUT2D eigenvalue weighted by molar-refractivity contribution is 5.91. The van der Waals surface area contributed by atoms with E-state index in [1.165, 1.54) is 6.07 Å². The predicted molar refractivity (Wildman–Crippen MR) is 131 cm³/mol. The van der Waals surface area contributed by atoms with E-state index in [1.807, 2.05) is 24.3 Å². The highest BCUT2D eigenvalue weighted by Crippen LogP contribution is 2.26. The first-order valence-electron chi connectivity index (χ1n) is 11.7. The SMILES string of the molecule is O=C(O)c1ccc2cc1OCCCCCCCCOc1ccc(cc1)CNc1nc(O)nc(n1)N2. The molecule has 5 rings (SSSR count). The lowest BCUT2D eigenvalue weighted by molar-refractivity contribution is 0.0692. The van der Waals surface area contributed by atoms with E-state index in [9.17, 15) is 15.0 Å². The lowest BCUT2D eigenvalue weighted by Gasteiger charge is -2.12. The average Bonchev–Trinajstić information content (AvgIpc) is 2.84. The smallest absolute Gasteiger partial charge is 0.339 e. The van der Waals surface area contributed by atoms with Crippen LogP contribution in [-0.2, 0) is 6.54 Å². The summed E-state index contributed by atoms with van der Waals surface area (Å²) < 4.78 is 11.6. The Bertz CT molecular complexity index is 1140. The van der Waals surface area contributed by atoms with E-state index in [0.29, 0.717) is 25.4 Å². The maximum Gasteiger partial charge on any atom is 0.339 e. The third kappa shape index (κ3) is 7.20. The molecule has 0 fully saturated rings. The number of aromatic hydroxyl groups is 1. The second kappa shape index (κ2) is 11.9. The molecule has 3 aromatic rings. The number of aromatic carboxylic acids is 1. The van der Waals surface area contributed by atoms with E-state index in [1.54, 1.807) is 12.1 Å². The van der Waals surface area contributed by atoms with Crippen LogP contribution in [0.4, 0.5) is 17.6 Å². The first-order chi connectivity index (χ1) is 17.1. The Balaban J connectivity index is 1.54. The molecule has 0 saturated carbocycles. The summed E-state index contributed by atoms with van der Waals surface area (Å²) in [4.78, 5) is 23.8. The van der Waals surface area contributed by atoms with Crippen molar-refractivity contribution >= 4 is 23.6 Å². The summed E-state index contributed by atoms with van der Waals surface area (Å²) in [5, 5.41) is 25.5. The topological polar surface area (TPSA) is 139 Å². The second-order valence-electron chi connectivity index (χ2n) is 8.24. The number of rotatable bonds is 1. The van der Waals surface area contributed by atoms with Gasteiger partial charge in [0.1, 0.15) is 17.1 Å². The summed E-state index contributed by atoms with van der Waals surface area (Å²) in [6.45, 7) is 1.53. The van der Waals surface area contributed by atoms with Gasteiger partial charge in [-0.1, -0.05) is 37.8 Å². The molecule has 4 N–H and O–H groups in total. The van der Waals surface area contributed by atoms with Gasteiger partial charge in [0.05, 0.1) is 13.2 Å². The van der Waals surface area contributed by atoms with E-state index in [-0.39, 0.29) is 23.2 Å². The van der Waals surface area contributed by atoms with Crippen LogP contribution >= 0.6 is 0 Å². The minimum atomic E-state index is -1.07. The number of nitrogens with one attached hydrogen (secondary N) is 2. The summed E-state index contributed by atoms with van der Waals surface area (Å²) >= 11 is 0. The Kier molecular flexibility index (Phi) is 8.16. The number of ether oxygens (including phenoxy) is 2. The number of hydrogen-bond acceptors (Lipinski definition) is 9. The van der Waals surface area contributed by atoms with Crippen molar-refractivity contribution in [2.45, 2.75) is 45.1 Å². The van der Waals surface area contributed by atoms with Gasteiger partial charge in [0.15, 0.2) is 0 Å². The molecule has 2 aromatic carbocycles. The number of benzene rings is 2. The molecule has 2 aliphatic rings. The fraction of sp³-hybridized carbons (Fsp3) is 0.360. The van der Waals surface area contributed by atoms with Crippen LogP contribution in [-0.4, -0.2) is 44.3 Å². The first kappa shape index (κ1) is 24.1. The quantitative estimate of drug-likeness (QED) is 0.387. The van der Waals surface area contributed by atoms with Crippen LogP contribution in [0.15, 0.2) is 42.5 Å². The van der Waals surface area contributed by atoms with Gasteiger partial charge in [-0.2, -0.15) is 15.0 Å². The van der Waals surface area contributed by atoms with Crippen molar-refractivity contribution in [3.05, 3.63) is 53.6 Å². The van der Waals surface area contributed by atoms with Gasteiger partial charge in [0.2, 0.25) is 11.9 Å². The molecule has 6 bridgehead atoms. The predicted octanol–water partition coefficient (Wildman–Crippen LogP) is 4.74. The average molecular weight is 480 g/mol. The number of fused-ring (bicyclic) bond motifs is 12. The van der Waals surface area contributed by atoms with Gasteiger partial charge in [-0.25, -0.2) is 4.79 Å². The van der Waals surface area contributed by atoms with Gasteiger partial charge in [0, 0.05) is 18.3 Å². The van der Waals surface area contributed by atoms with Gasteiger partial charge < -0.3 is 30.3 Å². The lowest BCUT2D eigenvalue weighted by atomic mass is 10.1. The van der Waals surface area contributed by atoms with Crippen molar-refractivity contribution in [1.82, 2.24) is 15.0 Å². The molecule has 10 nitrogen and oxygen atoms in total. The summed E-state index contributed by atoms with van der Waals surface area (Å²) in [5.41, 5.74) is 1.60. The fourth-order valence-corrected chi connectivity index (χ4v) is 3.69. The zero-order valence-corrected chi connectivity index (χ0v) is 19.4. The molecule has 0 saturated heterocycles. The minimum absolute atomic E-state index is 0.0767. The molecule has 10 heteroatoms. The Labute approximate surface area is 203 Å². The molecular formula is C25H29N5O5. The van der Waals surface area contributed by atoms with Crippen molar-refractivity contribution in [3.8, 4) is 17.5 Å². The fourth-order valence-electron chi connectivity index (χ4n) is 3.69. The van der Waals surface area contributed by atoms with Crippen LogP contribution in [0.1, 0.15) is 54.4 Å². The first-order valence-corrected chi connectivity index (χ1v) is 11.7. The standard InChI is InChI=1S/C25H29N5O5/c31-22(32)20-12-9-18-15-21(20)35-14-6-4-2-1-3-5-13-34-19-10-7-17(8-11-19)16-26-23-28-24(27-18)30-25(33)29-23/h7-12,15H,1-6,13-14,16H2,(H,31,32)(H3,26,27,28,29,30,33). The Morgan fingerprint density at radius 1 is 0.829 bits per heavy atom. The molecule has 0 unspecified atom stereocenters. The van der Waals surface area contributed by atoms with Gasteiger partial charge in [0.25, 0.3) is 0 Å². The van der Waals surface area contributed by atoms with Crippen molar-refractivity contribution in [1.29, 1.82) is 0 Å². The number of carboxylic acid groups (broad SMARTS) is 1. The van der Waals surface area contributed by atoms with Crippen LogP contribution in [0.3, 0.4) is 0 Å². The van der Waals surface area contributed by atoms with Crippen LogP contribution < -0.4 is 20.1 Å². The Morgan fingerprint density at radius 3 is 2.26 bits per heavy atom. The van der Waals surface area contributed by atoms with Crippen LogP contribution in [0.25, 0.3) is 0 Å². The van der Waals surface area contributed by atoms with Crippen LogP contribution in [0.5, 0.6) is 17.5 Å². The third-order valence-corrected chi connectivity index (χ3v) is 5.53. The largest absolute Gasteiger partial charge is 0.494 e. The molecule has 0 aliphatic carbocycles. The molecule has 184 valence electrons. The Morgan fingerprint density at radius 2 is 1.51 bits per heavy atom. The number of aromatic nitrogens is 3. The normalized spacial score (nSPS) is 15.1. The molecule has 0 amide bonds. The maximum atomic E-state index is 11.6. The monoisotopic (exact) mass is 479 g/mol. The Hall–Kier alpha value is -4.08. The third-order valence-electron chi connectivity index (χ3n) is 5.53. The lowest BCUT2D eigenvalue weighted by Crippen LogP contribution is -2.08. The number of hydrogen-bond donors (Lipinski definition) is 4. The van der Waals surface area contributed by atoms with Gasteiger partial charge >= 0.3 is 12.0 Å². The maximum absolute atomic E-state index is 11.6. The van der Waals surface area contributed by atoms with Crippen LogP contribution in [0, 0.1) is 0 Å². The number of anilines is 3. The molecule has 0 radical (unpaired) electrons. The molecule has 2 aliphatic heterocycles. The van der Waals surface area contributed by atoms with Crippen molar-refractivity contribution in [3.63, 3.8) is 0 Å². The van der Waals surface area contributed by atoms with E-state index in [2.05, 4.69) is 25.6 Å². The summed E-state index contributed by atoms with van der Waals surface area (Å²) in [5.74, 6) is 0.325. The molecule has 3 heterocycles. The van der Waals surface area contributed by atoms with E-state index in [4.69, 9.17) is 9.47 Å². The molecule has 1 aromatic heterocycles. The molecule has 0 atom stereocenters. The minimum Gasteiger partial charge on any atom is -0.494 e. The second-order valence-corrected chi connectivity index (χ2v) is 8.24. The van der Waals surface area contributed by atoms with Gasteiger partial charge in [-0.05, 0) is 42.7 Å².